The van der Waals surface area contributed by atoms with Crippen LogP contribution in [0.5, 0.6) is 0 Å². The van der Waals surface area contributed by atoms with Gasteiger partial charge in [0.1, 0.15) is 0 Å². The average molecular weight is 501 g/mol. The Bertz CT molecular complexity index is 1520. The monoisotopic (exact) mass is 500 g/mol. The molecule has 0 saturated carbocycles. The molecule has 37 heavy (non-hydrogen) atoms. The molecule has 0 radical (unpaired) electrons. The third-order valence-corrected chi connectivity index (χ3v) is 5.72. The normalized spacial score (nSPS) is 11.1. The van der Waals surface area contributed by atoms with E-state index in [1.54, 1.807) is 18.2 Å². The SMILES string of the molecule is CC(C)(C)c1ccc(C(=O)Nc2cccc(-c3c[nH]c(=O)c(Nc4ccc(C(=O)O)cc4)n3)c2F)cc1. The summed E-state index contributed by atoms with van der Waals surface area (Å²) >= 11 is 0. The van der Waals surface area contributed by atoms with Gasteiger partial charge in [-0.05, 0) is 59.5 Å². The maximum atomic E-state index is 15.4. The number of benzene rings is 3. The molecule has 0 unspecified atom stereocenters. The standard InChI is InChI=1S/C28H25FN4O4/c1-28(2,3)18-11-7-16(8-12-18)25(34)33-21-6-4-5-20(23(21)29)22-15-30-26(35)24(32-22)31-19-13-9-17(10-14-19)27(36)37/h4-15H,1-3H3,(H,30,35)(H,31,32)(H,33,34)(H,36,37). The van der Waals surface area contributed by atoms with E-state index in [1.165, 1.54) is 42.6 Å². The Morgan fingerprint density at radius 2 is 1.59 bits per heavy atom. The molecule has 0 aliphatic heterocycles. The van der Waals surface area contributed by atoms with Gasteiger partial charge in [-0.1, -0.05) is 39.0 Å². The highest BCUT2D eigenvalue weighted by molar-refractivity contribution is 6.04. The quantitative estimate of drug-likeness (QED) is 0.274. The summed E-state index contributed by atoms with van der Waals surface area (Å²) in [6.45, 7) is 6.22. The second kappa shape index (κ2) is 10.1. The fraction of sp³-hybridized carbons (Fsp3) is 0.143. The number of carboxylic acids is 1. The maximum Gasteiger partial charge on any atom is 0.335 e. The van der Waals surface area contributed by atoms with E-state index in [2.05, 4.69) is 41.4 Å². The lowest BCUT2D eigenvalue weighted by molar-refractivity contribution is 0.0696. The molecule has 0 aliphatic carbocycles. The van der Waals surface area contributed by atoms with Crippen LogP contribution in [0.25, 0.3) is 11.3 Å². The minimum Gasteiger partial charge on any atom is -0.478 e. The van der Waals surface area contributed by atoms with Crippen LogP contribution in [0.1, 0.15) is 47.1 Å². The van der Waals surface area contributed by atoms with Crippen LogP contribution in [0.4, 0.5) is 21.6 Å². The molecule has 188 valence electrons. The van der Waals surface area contributed by atoms with E-state index < -0.39 is 23.3 Å². The van der Waals surface area contributed by atoms with Gasteiger partial charge in [0.05, 0.1) is 16.9 Å². The first-order chi connectivity index (χ1) is 17.5. The largest absolute Gasteiger partial charge is 0.478 e. The number of aromatic amines is 1. The van der Waals surface area contributed by atoms with E-state index in [-0.39, 0.29) is 33.7 Å². The Hall–Kier alpha value is -4.79. The molecule has 0 spiro atoms. The van der Waals surface area contributed by atoms with E-state index in [0.717, 1.165) is 5.56 Å². The molecule has 1 amide bonds. The number of carbonyl (C=O) groups is 2. The lowest BCUT2D eigenvalue weighted by Crippen LogP contribution is -2.16. The van der Waals surface area contributed by atoms with Gasteiger partial charge in [0.2, 0.25) is 0 Å². The summed E-state index contributed by atoms with van der Waals surface area (Å²) < 4.78 is 15.4. The van der Waals surface area contributed by atoms with Gasteiger partial charge in [-0.3, -0.25) is 9.59 Å². The number of amides is 1. The number of nitrogens with zero attached hydrogens (tertiary/aromatic N) is 1. The van der Waals surface area contributed by atoms with Crippen LogP contribution < -0.4 is 16.2 Å². The van der Waals surface area contributed by atoms with Crippen molar-refractivity contribution in [1.29, 1.82) is 0 Å². The van der Waals surface area contributed by atoms with E-state index >= 15 is 4.39 Å². The van der Waals surface area contributed by atoms with Gasteiger partial charge >= 0.3 is 5.97 Å². The molecule has 4 N–H and O–H groups in total. The summed E-state index contributed by atoms with van der Waals surface area (Å²) in [6.07, 6.45) is 1.27. The number of anilines is 3. The lowest BCUT2D eigenvalue weighted by Gasteiger charge is -2.19. The predicted octanol–water partition coefficient (Wildman–Crippen LogP) is 5.57. The summed E-state index contributed by atoms with van der Waals surface area (Å²) in [5.74, 6) is -2.35. The van der Waals surface area contributed by atoms with Crippen molar-refractivity contribution in [3.8, 4) is 11.3 Å². The van der Waals surface area contributed by atoms with Crippen molar-refractivity contribution in [3.05, 3.63) is 106 Å². The Kier molecular flexibility index (Phi) is 6.88. The highest BCUT2D eigenvalue weighted by Crippen LogP contribution is 2.28. The number of H-pyrrole nitrogens is 1. The van der Waals surface area contributed by atoms with E-state index in [1.807, 2.05) is 12.1 Å². The van der Waals surface area contributed by atoms with E-state index in [9.17, 15) is 14.4 Å². The maximum absolute atomic E-state index is 15.4. The highest BCUT2D eigenvalue weighted by atomic mass is 19.1. The molecule has 8 nitrogen and oxygen atoms in total. The molecule has 1 heterocycles. The molecule has 1 aromatic heterocycles. The number of carbonyl (C=O) groups excluding carboxylic acids is 1. The van der Waals surface area contributed by atoms with Crippen molar-refractivity contribution in [2.45, 2.75) is 26.2 Å². The molecule has 0 aliphatic rings. The first-order valence-electron chi connectivity index (χ1n) is 11.4. The van der Waals surface area contributed by atoms with Crippen molar-refractivity contribution in [2.75, 3.05) is 10.6 Å². The third-order valence-electron chi connectivity index (χ3n) is 5.72. The van der Waals surface area contributed by atoms with Crippen LogP contribution in [0.15, 0.2) is 77.7 Å². The first kappa shape index (κ1) is 25.3. The van der Waals surface area contributed by atoms with Crippen molar-refractivity contribution in [3.63, 3.8) is 0 Å². The fourth-order valence-electron chi connectivity index (χ4n) is 3.60. The molecule has 0 atom stereocenters. The molecular weight excluding hydrogens is 475 g/mol. The molecule has 0 bridgehead atoms. The summed E-state index contributed by atoms with van der Waals surface area (Å²) in [7, 11) is 0. The molecule has 0 fully saturated rings. The zero-order chi connectivity index (χ0) is 26.7. The number of hydrogen-bond donors (Lipinski definition) is 4. The number of nitrogens with one attached hydrogen (secondary N) is 3. The Morgan fingerprint density at radius 1 is 0.946 bits per heavy atom. The molecule has 3 aromatic carbocycles. The number of aromatic carboxylic acids is 1. The number of carboxylic acid groups (broad SMARTS) is 1. The summed E-state index contributed by atoms with van der Waals surface area (Å²) in [5, 5.41) is 14.4. The van der Waals surface area contributed by atoms with Crippen LogP contribution in [-0.4, -0.2) is 27.0 Å². The highest BCUT2D eigenvalue weighted by Gasteiger charge is 2.17. The van der Waals surface area contributed by atoms with Crippen molar-refractivity contribution in [2.24, 2.45) is 0 Å². The Balaban J connectivity index is 1.58. The van der Waals surface area contributed by atoms with Crippen molar-refractivity contribution < 1.29 is 19.1 Å². The summed E-state index contributed by atoms with van der Waals surface area (Å²) in [6, 6.07) is 17.4. The zero-order valence-corrected chi connectivity index (χ0v) is 20.4. The zero-order valence-electron chi connectivity index (χ0n) is 20.4. The minimum absolute atomic E-state index is 0.0332. The molecule has 4 rings (SSSR count). The Morgan fingerprint density at radius 3 is 2.22 bits per heavy atom. The second-order valence-corrected chi connectivity index (χ2v) is 9.42. The first-order valence-corrected chi connectivity index (χ1v) is 11.4. The van der Waals surface area contributed by atoms with Gasteiger partial charge in [-0.2, -0.15) is 0 Å². The van der Waals surface area contributed by atoms with Gasteiger partial charge in [-0.15, -0.1) is 0 Å². The van der Waals surface area contributed by atoms with Gasteiger partial charge in [-0.25, -0.2) is 14.2 Å². The van der Waals surface area contributed by atoms with Gasteiger partial charge in [0.15, 0.2) is 11.6 Å². The number of rotatable bonds is 6. The summed E-state index contributed by atoms with van der Waals surface area (Å²) in [4.78, 5) is 42.8. The minimum atomic E-state index is -1.08. The molecule has 0 saturated heterocycles. The molecule has 9 heteroatoms. The summed E-state index contributed by atoms with van der Waals surface area (Å²) in [5.41, 5.74) is 1.54. The van der Waals surface area contributed by atoms with Gasteiger partial charge in [0.25, 0.3) is 11.5 Å². The van der Waals surface area contributed by atoms with Crippen LogP contribution >= 0.6 is 0 Å². The number of aromatic nitrogens is 2. The average Bonchev–Trinajstić information content (AvgIpc) is 2.86. The third kappa shape index (κ3) is 5.72. The van der Waals surface area contributed by atoms with Crippen LogP contribution in [0.3, 0.4) is 0 Å². The topological polar surface area (TPSA) is 124 Å². The Labute approximate surface area is 212 Å². The molecule has 4 aromatic rings. The van der Waals surface area contributed by atoms with E-state index in [4.69, 9.17) is 5.11 Å². The number of hydrogen-bond acceptors (Lipinski definition) is 5. The van der Waals surface area contributed by atoms with Gasteiger partial charge < -0.3 is 20.7 Å². The predicted molar refractivity (Wildman–Crippen MR) is 140 cm³/mol. The van der Waals surface area contributed by atoms with Crippen LogP contribution in [0, 0.1) is 5.82 Å². The van der Waals surface area contributed by atoms with Crippen LogP contribution in [-0.2, 0) is 5.41 Å². The second-order valence-electron chi connectivity index (χ2n) is 9.42. The molecular formula is C28H25FN4O4. The van der Waals surface area contributed by atoms with Crippen LogP contribution in [0.2, 0.25) is 0 Å². The van der Waals surface area contributed by atoms with Crippen molar-refractivity contribution in [1.82, 2.24) is 9.97 Å². The van der Waals surface area contributed by atoms with E-state index in [0.29, 0.717) is 11.3 Å². The lowest BCUT2D eigenvalue weighted by atomic mass is 9.87. The number of halogens is 1. The fourth-order valence-corrected chi connectivity index (χ4v) is 3.60. The van der Waals surface area contributed by atoms with Crippen molar-refractivity contribution >= 4 is 29.1 Å². The van der Waals surface area contributed by atoms with Gasteiger partial charge in [0, 0.05) is 23.0 Å². The smallest absolute Gasteiger partial charge is 0.335 e.